The highest BCUT2D eigenvalue weighted by Crippen LogP contribution is 2.19. The predicted molar refractivity (Wildman–Crippen MR) is 98.0 cm³/mol. The molecule has 25 heavy (non-hydrogen) atoms. The minimum atomic E-state index is -1.00. The molecule has 0 saturated heterocycles. The lowest BCUT2D eigenvalue weighted by molar-refractivity contribution is 0.0696. The maximum absolute atomic E-state index is 12.2. The highest BCUT2D eigenvalue weighted by Gasteiger charge is 2.14. The Morgan fingerprint density at radius 2 is 1.88 bits per heavy atom. The van der Waals surface area contributed by atoms with Crippen LogP contribution >= 0.6 is 12.2 Å². The minimum Gasteiger partial charge on any atom is -0.478 e. The van der Waals surface area contributed by atoms with Crippen LogP contribution in [-0.4, -0.2) is 22.1 Å². The lowest BCUT2D eigenvalue weighted by atomic mass is 10.1. The van der Waals surface area contributed by atoms with Crippen LogP contribution in [0.1, 0.15) is 26.5 Å². The van der Waals surface area contributed by atoms with E-state index < -0.39 is 11.9 Å². The summed E-state index contributed by atoms with van der Waals surface area (Å²) in [5, 5.41) is 15.3. The first-order valence-electron chi connectivity index (χ1n) is 7.39. The average Bonchev–Trinajstić information content (AvgIpc) is 3.00. The number of benzene rings is 2. The Labute approximate surface area is 148 Å². The maximum atomic E-state index is 12.2. The molecular weight excluding hydrogens is 340 g/mol. The van der Waals surface area contributed by atoms with Gasteiger partial charge in [-0.05, 0) is 55.0 Å². The standard InChI is InChI=1S/C18H14N2O4S/c1-10-8-12(17(22)23)6-7-13(10)19-18(25)20-16(21)15-9-11-4-2-3-5-14(11)24-15/h2-9H,1H3,(H,22,23)(H2,19,20,21,25). The van der Waals surface area contributed by atoms with Crippen LogP contribution in [0.2, 0.25) is 0 Å². The van der Waals surface area contributed by atoms with E-state index >= 15 is 0 Å². The van der Waals surface area contributed by atoms with Gasteiger partial charge in [0.1, 0.15) is 5.58 Å². The molecule has 0 bridgehead atoms. The number of anilines is 1. The first-order valence-corrected chi connectivity index (χ1v) is 7.80. The van der Waals surface area contributed by atoms with Crippen LogP contribution in [0.3, 0.4) is 0 Å². The van der Waals surface area contributed by atoms with E-state index in [0.29, 0.717) is 16.8 Å². The van der Waals surface area contributed by atoms with Gasteiger partial charge in [0, 0.05) is 11.1 Å². The Morgan fingerprint density at radius 1 is 1.12 bits per heavy atom. The molecule has 0 spiro atoms. The molecule has 126 valence electrons. The number of fused-ring (bicyclic) bond motifs is 1. The van der Waals surface area contributed by atoms with Gasteiger partial charge in [0.15, 0.2) is 10.9 Å². The van der Waals surface area contributed by atoms with Crippen molar-refractivity contribution in [2.24, 2.45) is 0 Å². The van der Waals surface area contributed by atoms with Crippen molar-refractivity contribution in [3.05, 3.63) is 65.4 Å². The van der Waals surface area contributed by atoms with Crippen LogP contribution in [0, 0.1) is 6.92 Å². The molecule has 0 radical (unpaired) electrons. The van der Waals surface area contributed by atoms with E-state index in [4.69, 9.17) is 21.7 Å². The summed E-state index contributed by atoms with van der Waals surface area (Å²) in [6.45, 7) is 1.75. The molecule has 0 unspecified atom stereocenters. The average molecular weight is 354 g/mol. The number of hydrogen-bond acceptors (Lipinski definition) is 4. The quantitative estimate of drug-likeness (QED) is 0.623. The number of carbonyl (C=O) groups excluding carboxylic acids is 1. The first kappa shape index (κ1) is 16.7. The molecule has 7 heteroatoms. The van der Waals surface area contributed by atoms with Crippen LogP contribution in [-0.2, 0) is 0 Å². The van der Waals surface area contributed by atoms with Crippen LogP contribution in [0.15, 0.2) is 52.9 Å². The van der Waals surface area contributed by atoms with Crippen LogP contribution < -0.4 is 10.6 Å². The zero-order valence-electron chi connectivity index (χ0n) is 13.2. The van der Waals surface area contributed by atoms with Gasteiger partial charge in [-0.25, -0.2) is 4.79 Å². The summed E-state index contributed by atoms with van der Waals surface area (Å²) in [5.74, 6) is -1.31. The molecule has 0 aliphatic rings. The molecule has 0 aliphatic heterocycles. The molecular formula is C18H14N2O4S. The normalized spacial score (nSPS) is 10.4. The van der Waals surface area contributed by atoms with Crippen molar-refractivity contribution in [1.82, 2.24) is 5.32 Å². The Bertz CT molecular complexity index is 961. The number of aromatic carboxylic acids is 1. The number of para-hydroxylation sites is 1. The second-order valence-electron chi connectivity index (χ2n) is 5.39. The maximum Gasteiger partial charge on any atom is 0.335 e. The van der Waals surface area contributed by atoms with Gasteiger partial charge in [-0.15, -0.1) is 0 Å². The molecule has 3 aromatic rings. The number of carboxylic acid groups (broad SMARTS) is 1. The highest BCUT2D eigenvalue weighted by atomic mass is 32.1. The van der Waals surface area contributed by atoms with E-state index in [1.165, 1.54) is 12.1 Å². The van der Waals surface area contributed by atoms with Gasteiger partial charge in [-0.2, -0.15) is 0 Å². The third-order valence-electron chi connectivity index (χ3n) is 3.60. The summed E-state index contributed by atoms with van der Waals surface area (Å²) in [5.41, 5.74) is 2.10. The number of rotatable bonds is 3. The zero-order chi connectivity index (χ0) is 18.0. The van der Waals surface area contributed by atoms with Gasteiger partial charge in [-0.3, -0.25) is 10.1 Å². The fourth-order valence-corrected chi connectivity index (χ4v) is 2.55. The molecule has 6 nitrogen and oxygen atoms in total. The molecule has 1 heterocycles. The monoisotopic (exact) mass is 354 g/mol. The van der Waals surface area contributed by atoms with Crippen LogP contribution in [0.5, 0.6) is 0 Å². The summed E-state index contributed by atoms with van der Waals surface area (Å²) >= 11 is 5.14. The second kappa shape index (κ2) is 6.74. The Morgan fingerprint density at radius 3 is 2.56 bits per heavy atom. The van der Waals surface area contributed by atoms with Crippen molar-refractivity contribution >= 4 is 45.9 Å². The van der Waals surface area contributed by atoms with Gasteiger partial charge in [0.2, 0.25) is 0 Å². The number of carboxylic acids is 1. The predicted octanol–water partition coefficient (Wildman–Crippen LogP) is 3.57. The van der Waals surface area contributed by atoms with Gasteiger partial charge in [0.05, 0.1) is 5.56 Å². The van der Waals surface area contributed by atoms with E-state index in [1.54, 1.807) is 25.1 Å². The van der Waals surface area contributed by atoms with Crippen molar-refractivity contribution in [2.75, 3.05) is 5.32 Å². The summed E-state index contributed by atoms with van der Waals surface area (Å²) < 4.78 is 5.48. The third kappa shape index (κ3) is 3.67. The smallest absolute Gasteiger partial charge is 0.335 e. The Hall–Kier alpha value is -3.19. The summed E-state index contributed by atoms with van der Waals surface area (Å²) in [4.78, 5) is 23.2. The molecule has 3 rings (SSSR count). The molecule has 1 aromatic heterocycles. The van der Waals surface area contributed by atoms with E-state index in [1.807, 2.05) is 18.2 Å². The van der Waals surface area contributed by atoms with Gasteiger partial charge in [-0.1, -0.05) is 18.2 Å². The van der Waals surface area contributed by atoms with Crippen molar-refractivity contribution in [3.8, 4) is 0 Å². The highest BCUT2D eigenvalue weighted by molar-refractivity contribution is 7.80. The molecule has 3 N–H and O–H groups in total. The van der Waals surface area contributed by atoms with Crippen LogP contribution in [0.4, 0.5) is 5.69 Å². The SMILES string of the molecule is Cc1cc(C(=O)O)ccc1NC(=S)NC(=O)c1cc2ccccc2o1. The molecule has 0 saturated carbocycles. The summed E-state index contributed by atoms with van der Waals surface area (Å²) in [6.07, 6.45) is 0. The molecule has 0 fully saturated rings. The van der Waals surface area contributed by atoms with E-state index in [0.717, 1.165) is 5.39 Å². The first-order chi connectivity index (χ1) is 11.9. The van der Waals surface area contributed by atoms with Gasteiger partial charge in [0.25, 0.3) is 5.91 Å². The van der Waals surface area contributed by atoms with Crippen molar-refractivity contribution < 1.29 is 19.1 Å². The van der Waals surface area contributed by atoms with Crippen LogP contribution in [0.25, 0.3) is 11.0 Å². The van der Waals surface area contributed by atoms with E-state index in [2.05, 4.69) is 10.6 Å². The summed E-state index contributed by atoms with van der Waals surface area (Å²) in [7, 11) is 0. The molecule has 0 atom stereocenters. The van der Waals surface area contributed by atoms with Gasteiger partial charge < -0.3 is 14.8 Å². The van der Waals surface area contributed by atoms with Crippen molar-refractivity contribution in [3.63, 3.8) is 0 Å². The molecule has 2 aromatic carbocycles. The van der Waals surface area contributed by atoms with Crippen molar-refractivity contribution in [2.45, 2.75) is 6.92 Å². The number of furan rings is 1. The molecule has 1 amide bonds. The number of hydrogen-bond donors (Lipinski definition) is 3. The lowest BCUT2D eigenvalue weighted by Crippen LogP contribution is -2.34. The Balaban J connectivity index is 1.69. The number of amides is 1. The zero-order valence-corrected chi connectivity index (χ0v) is 14.0. The third-order valence-corrected chi connectivity index (χ3v) is 3.80. The minimum absolute atomic E-state index is 0.0941. The number of thiocarbonyl (C=S) groups is 1. The number of carbonyl (C=O) groups is 2. The number of nitrogens with one attached hydrogen (secondary N) is 2. The Kier molecular flexibility index (Phi) is 4.49. The van der Waals surface area contributed by atoms with Crippen molar-refractivity contribution in [1.29, 1.82) is 0 Å². The fraction of sp³-hybridized carbons (Fsp3) is 0.0556. The van der Waals surface area contributed by atoms with E-state index in [-0.39, 0.29) is 16.4 Å². The number of aryl methyl sites for hydroxylation is 1. The second-order valence-corrected chi connectivity index (χ2v) is 5.80. The lowest BCUT2D eigenvalue weighted by Gasteiger charge is -2.11. The summed E-state index contributed by atoms with van der Waals surface area (Å²) in [6, 6.07) is 13.5. The largest absolute Gasteiger partial charge is 0.478 e. The topological polar surface area (TPSA) is 91.6 Å². The van der Waals surface area contributed by atoms with Gasteiger partial charge >= 0.3 is 5.97 Å². The molecule has 0 aliphatic carbocycles. The fourth-order valence-electron chi connectivity index (χ4n) is 2.35. The van der Waals surface area contributed by atoms with E-state index in [9.17, 15) is 9.59 Å².